The van der Waals surface area contributed by atoms with Crippen LogP contribution in [0.2, 0.25) is 0 Å². The number of rotatable bonds is 1. The fraction of sp³-hybridized carbons (Fsp3) is 0.467. The molecule has 0 saturated carbocycles. The molecule has 0 aromatic heterocycles. The molecule has 0 atom stereocenters. The lowest BCUT2D eigenvalue weighted by molar-refractivity contribution is 0.00578. The maximum atomic E-state index is 6.03. The zero-order valence-corrected chi connectivity index (χ0v) is 11.9. The molecule has 0 bridgehead atoms. The van der Waals surface area contributed by atoms with Gasteiger partial charge in [0.05, 0.1) is 11.2 Å². The standard InChI is InChI=1S/C15H21BO2/c1-12-8-6-10-13(11-7-9-12)16-17-14(2,3)15(4,5)18-16/h6-11H,1-5H3/b8-6?,9-7?,10-6-,11-7?,12-8?,12-9?,13-10?,13-11+. The van der Waals surface area contributed by atoms with E-state index in [4.69, 9.17) is 9.31 Å². The van der Waals surface area contributed by atoms with Gasteiger partial charge in [-0.2, -0.15) is 0 Å². The zero-order chi connectivity index (χ0) is 13.4. The Morgan fingerprint density at radius 2 is 1.44 bits per heavy atom. The number of hydrogen-bond acceptors (Lipinski definition) is 2. The summed E-state index contributed by atoms with van der Waals surface area (Å²) in [5.74, 6) is 0. The van der Waals surface area contributed by atoms with E-state index >= 15 is 0 Å². The van der Waals surface area contributed by atoms with Crippen molar-refractivity contribution in [2.24, 2.45) is 0 Å². The van der Waals surface area contributed by atoms with Crippen LogP contribution in [0.4, 0.5) is 0 Å². The first-order valence-corrected chi connectivity index (χ1v) is 6.41. The van der Waals surface area contributed by atoms with Gasteiger partial charge in [-0.25, -0.2) is 0 Å². The third-order valence-electron chi connectivity index (χ3n) is 3.82. The van der Waals surface area contributed by atoms with Crippen LogP contribution in [-0.2, 0) is 9.31 Å². The number of allylic oxidation sites excluding steroid dienone is 8. The highest BCUT2D eigenvalue weighted by atomic mass is 16.7. The molecule has 2 nitrogen and oxygen atoms in total. The Kier molecular flexibility index (Phi) is 3.39. The summed E-state index contributed by atoms with van der Waals surface area (Å²) in [7, 11) is -0.289. The first-order chi connectivity index (χ1) is 8.32. The first-order valence-electron chi connectivity index (χ1n) is 6.41. The molecule has 18 heavy (non-hydrogen) atoms. The molecule has 3 heteroatoms. The van der Waals surface area contributed by atoms with Gasteiger partial charge < -0.3 is 9.31 Å². The van der Waals surface area contributed by atoms with E-state index in [9.17, 15) is 0 Å². The lowest BCUT2D eigenvalue weighted by atomic mass is 9.77. The molecule has 2 aliphatic rings. The van der Waals surface area contributed by atoms with E-state index in [-0.39, 0.29) is 18.3 Å². The van der Waals surface area contributed by atoms with Gasteiger partial charge in [0.25, 0.3) is 0 Å². The summed E-state index contributed by atoms with van der Waals surface area (Å²) in [6.45, 7) is 10.4. The van der Waals surface area contributed by atoms with E-state index in [2.05, 4.69) is 58.9 Å². The van der Waals surface area contributed by atoms with Crippen molar-refractivity contribution in [3.05, 3.63) is 47.5 Å². The fourth-order valence-electron chi connectivity index (χ4n) is 1.87. The van der Waals surface area contributed by atoms with Crippen LogP contribution in [0.1, 0.15) is 34.6 Å². The topological polar surface area (TPSA) is 18.5 Å². The van der Waals surface area contributed by atoms with Gasteiger partial charge in [0, 0.05) is 0 Å². The second-order valence-electron chi connectivity index (χ2n) is 5.88. The normalized spacial score (nSPS) is 30.2. The maximum Gasteiger partial charge on any atom is 0.494 e. The molecule has 1 aliphatic heterocycles. The van der Waals surface area contributed by atoms with Crippen molar-refractivity contribution < 1.29 is 9.31 Å². The molecule has 0 unspecified atom stereocenters. The summed E-state index contributed by atoms with van der Waals surface area (Å²) in [4.78, 5) is 0. The molecule has 1 saturated heterocycles. The SMILES string of the molecule is CC1=C/C=C\C(B2OC(C)(C)C(C)(C)O2)=C/C=C1. The molecular weight excluding hydrogens is 223 g/mol. The Labute approximate surface area is 110 Å². The third kappa shape index (κ3) is 2.52. The summed E-state index contributed by atoms with van der Waals surface area (Å²) in [6, 6.07) is 0. The first kappa shape index (κ1) is 13.4. The summed E-state index contributed by atoms with van der Waals surface area (Å²) in [5, 5.41) is 0. The van der Waals surface area contributed by atoms with Gasteiger partial charge in [0.1, 0.15) is 0 Å². The van der Waals surface area contributed by atoms with Crippen molar-refractivity contribution in [2.75, 3.05) is 0 Å². The molecule has 2 rings (SSSR count). The van der Waals surface area contributed by atoms with Crippen LogP contribution < -0.4 is 0 Å². The molecule has 0 amide bonds. The van der Waals surface area contributed by atoms with Crippen LogP contribution in [-0.4, -0.2) is 18.3 Å². The van der Waals surface area contributed by atoms with Crippen LogP contribution >= 0.6 is 0 Å². The van der Waals surface area contributed by atoms with Gasteiger partial charge >= 0.3 is 7.12 Å². The van der Waals surface area contributed by atoms with Crippen molar-refractivity contribution in [1.29, 1.82) is 0 Å². The van der Waals surface area contributed by atoms with Gasteiger partial charge in [0.2, 0.25) is 0 Å². The smallest absolute Gasteiger partial charge is 0.399 e. The molecule has 1 aliphatic carbocycles. The quantitative estimate of drug-likeness (QED) is 0.656. The van der Waals surface area contributed by atoms with Crippen LogP contribution in [0.15, 0.2) is 47.5 Å². The molecule has 1 heterocycles. The molecule has 0 spiro atoms. The van der Waals surface area contributed by atoms with E-state index in [1.807, 2.05) is 12.2 Å². The molecule has 0 N–H and O–H groups in total. The Morgan fingerprint density at radius 3 is 2.06 bits per heavy atom. The molecule has 0 aromatic carbocycles. The minimum Gasteiger partial charge on any atom is -0.399 e. The van der Waals surface area contributed by atoms with Crippen molar-refractivity contribution >= 4 is 7.12 Å². The average Bonchev–Trinajstić information content (AvgIpc) is 2.41. The fourth-order valence-corrected chi connectivity index (χ4v) is 1.87. The molecular formula is C15H21BO2. The Balaban J connectivity index is 2.20. The van der Waals surface area contributed by atoms with Gasteiger partial charge in [-0.15, -0.1) is 0 Å². The summed E-state index contributed by atoms with van der Waals surface area (Å²) in [5.41, 5.74) is 1.71. The second-order valence-corrected chi connectivity index (χ2v) is 5.88. The monoisotopic (exact) mass is 244 g/mol. The summed E-state index contributed by atoms with van der Waals surface area (Å²) >= 11 is 0. The minimum atomic E-state index is -0.289. The highest BCUT2D eigenvalue weighted by Crippen LogP contribution is 2.38. The Hall–Kier alpha value is -1.06. The predicted molar refractivity (Wildman–Crippen MR) is 76.2 cm³/mol. The molecule has 0 aromatic rings. The van der Waals surface area contributed by atoms with Gasteiger partial charge in [-0.05, 0) is 40.1 Å². The van der Waals surface area contributed by atoms with E-state index in [1.165, 1.54) is 5.57 Å². The maximum absolute atomic E-state index is 6.03. The third-order valence-corrected chi connectivity index (χ3v) is 3.82. The van der Waals surface area contributed by atoms with Crippen molar-refractivity contribution in [2.45, 2.75) is 45.8 Å². The highest BCUT2D eigenvalue weighted by molar-refractivity contribution is 6.55. The van der Waals surface area contributed by atoms with Crippen molar-refractivity contribution in [3.8, 4) is 0 Å². The lowest BCUT2D eigenvalue weighted by Crippen LogP contribution is -2.41. The highest BCUT2D eigenvalue weighted by Gasteiger charge is 2.51. The summed E-state index contributed by atoms with van der Waals surface area (Å²) < 4.78 is 12.1. The number of hydrogen-bond donors (Lipinski definition) is 0. The Morgan fingerprint density at radius 1 is 0.889 bits per heavy atom. The van der Waals surface area contributed by atoms with Gasteiger partial charge in [-0.1, -0.05) is 42.0 Å². The molecule has 1 fully saturated rings. The van der Waals surface area contributed by atoms with Crippen LogP contribution in [0.3, 0.4) is 0 Å². The molecule has 96 valence electrons. The lowest BCUT2D eigenvalue weighted by Gasteiger charge is -2.32. The van der Waals surface area contributed by atoms with Crippen LogP contribution in [0.5, 0.6) is 0 Å². The predicted octanol–water partition coefficient (Wildman–Crippen LogP) is 3.62. The van der Waals surface area contributed by atoms with Crippen molar-refractivity contribution in [3.63, 3.8) is 0 Å². The average molecular weight is 244 g/mol. The van der Waals surface area contributed by atoms with E-state index < -0.39 is 0 Å². The second kappa shape index (κ2) is 4.56. The van der Waals surface area contributed by atoms with Gasteiger partial charge in [0.15, 0.2) is 0 Å². The zero-order valence-electron chi connectivity index (χ0n) is 11.9. The van der Waals surface area contributed by atoms with E-state index in [0.717, 1.165) is 5.47 Å². The van der Waals surface area contributed by atoms with Crippen LogP contribution in [0.25, 0.3) is 0 Å². The van der Waals surface area contributed by atoms with E-state index in [0.29, 0.717) is 0 Å². The summed E-state index contributed by atoms with van der Waals surface area (Å²) in [6.07, 6.45) is 12.3. The Bertz CT molecular complexity index is 437. The van der Waals surface area contributed by atoms with Crippen molar-refractivity contribution in [1.82, 2.24) is 0 Å². The van der Waals surface area contributed by atoms with Gasteiger partial charge in [-0.3, -0.25) is 0 Å². The molecule has 0 radical (unpaired) electrons. The minimum absolute atomic E-state index is 0.288. The van der Waals surface area contributed by atoms with Crippen LogP contribution in [0, 0.1) is 0 Å². The van der Waals surface area contributed by atoms with E-state index in [1.54, 1.807) is 0 Å². The largest absolute Gasteiger partial charge is 0.494 e.